The van der Waals surface area contributed by atoms with Crippen LogP contribution in [0.3, 0.4) is 0 Å². The van der Waals surface area contributed by atoms with E-state index in [2.05, 4.69) is 22.5 Å². The summed E-state index contributed by atoms with van der Waals surface area (Å²) in [5, 5.41) is 0. The van der Waals surface area contributed by atoms with E-state index >= 15 is 0 Å². The molecule has 0 aliphatic carbocycles. The van der Waals surface area contributed by atoms with Crippen LogP contribution in [0.5, 0.6) is 5.75 Å². The van der Waals surface area contributed by atoms with Gasteiger partial charge in [0.25, 0.3) is 5.91 Å². The molecule has 0 radical (unpaired) electrons. The average Bonchev–Trinajstić information content (AvgIpc) is 2.43. The molecular formula is C14H18BrNO3. The summed E-state index contributed by atoms with van der Waals surface area (Å²) in [4.78, 5) is 14.1. The molecule has 0 atom stereocenters. The number of hydrogen-bond donors (Lipinski definition) is 0. The number of ether oxygens (including phenoxy) is 2. The van der Waals surface area contributed by atoms with Gasteiger partial charge in [-0.05, 0) is 34.1 Å². The molecular weight excluding hydrogens is 310 g/mol. The SMILES string of the molecule is C=CCN(CCOC)C(=O)c1cc(OC)ccc1Br. The average molecular weight is 328 g/mol. The first-order chi connectivity index (χ1) is 9.13. The minimum atomic E-state index is -0.0808. The van der Waals surface area contributed by atoms with Gasteiger partial charge < -0.3 is 14.4 Å². The third-order valence-electron chi connectivity index (χ3n) is 2.61. The van der Waals surface area contributed by atoms with Crippen molar-refractivity contribution in [3.8, 4) is 5.75 Å². The predicted molar refractivity (Wildman–Crippen MR) is 78.7 cm³/mol. The third-order valence-corrected chi connectivity index (χ3v) is 3.30. The molecule has 1 aromatic carbocycles. The second-order valence-electron chi connectivity index (χ2n) is 3.88. The summed E-state index contributed by atoms with van der Waals surface area (Å²) in [6.45, 7) is 5.15. The maximum atomic E-state index is 12.5. The number of nitrogens with zero attached hydrogens (tertiary/aromatic N) is 1. The molecule has 0 fully saturated rings. The van der Waals surface area contributed by atoms with E-state index < -0.39 is 0 Å². The second kappa shape index (κ2) is 7.96. The lowest BCUT2D eigenvalue weighted by atomic mass is 10.2. The number of halogens is 1. The van der Waals surface area contributed by atoms with Crippen LogP contribution in [0.1, 0.15) is 10.4 Å². The zero-order valence-corrected chi connectivity index (χ0v) is 12.8. The first kappa shape index (κ1) is 15.7. The summed E-state index contributed by atoms with van der Waals surface area (Å²) < 4.78 is 10.9. The van der Waals surface area contributed by atoms with Crippen molar-refractivity contribution in [3.05, 3.63) is 40.9 Å². The zero-order chi connectivity index (χ0) is 14.3. The number of amides is 1. The van der Waals surface area contributed by atoms with Gasteiger partial charge in [-0.1, -0.05) is 6.08 Å². The number of rotatable bonds is 7. The Kier molecular flexibility index (Phi) is 6.59. The topological polar surface area (TPSA) is 38.8 Å². The minimum Gasteiger partial charge on any atom is -0.497 e. The highest BCUT2D eigenvalue weighted by atomic mass is 79.9. The molecule has 1 amide bonds. The Morgan fingerprint density at radius 1 is 1.47 bits per heavy atom. The fourth-order valence-corrected chi connectivity index (χ4v) is 2.01. The summed E-state index contributed by atoms with van der Waals surface area (Å²) in [5.41, 5.74) is 0.567. The van der Waals surface area contributed by atoms with Crippen molar-refractivity contribution in [2.45, 2.75) is 0 Å². The molecule has 0 aromatic heterocycles. The van der Waals surface area contributed by atoms with Crippen molar-refractivity contribution in [2.24, 2.45) is 0 Å². The molecule has 5 heteroatoms. The number of methoxy groups -OCH3 is 2. The van der Waals surface area contributed by atoms with E-state index in [1.54, 1.807) is 43.4 Å². The maximum Gasteiger partial charge on any atom is 0.255 e. The van der Waals surface area contributed by atoms with E-state index in [0.717, 1.165) is 4.47 Å². The molecule has 0 spiro atoms. The molecule has 0 unspecified atom stereocenters. The Morgan fingerprint density at radius 3 is 2.79 bits per heavy atom. The Balaban J connectivity index is 2.97. The van der Waals surface area contributed by atoms with E-state index in [-0.39, 0.29) is 5.91 Å². The van der Waals surface area contributed by atoms with Crippen LogP contribution < -0.4 is 4.74 Å². The fraction of sp³-hybridized carbons (Fsp3) is 0.357. The summed E-state index contributed by atoms with van der Waals surface area (Å²) in [6, 6.07) is 5.32. The van der Waals surface area contributed by atoms with E-state index in [0.29, 0.717) is 31.0 Å². The lowest BCUT2D eigenvalue weighted by molar-refractivity contribution is 0.0717. The van der Waals surface area contributed by atoms with Crippen molar-refractivity contribution in [1.82, 2.24) is 4.90 Å². The fourth-order valence-electron chi connectivity index (χ4n) is 1.60. The van der Waals surface area contributed by atoms with Gasteiger partial charge in [0, 0.05) is 24.7 Å². The first-order valence-corrected chi connectivity index (χ1v) is 6.66. The highest BCUT2D eigenvalue weighted by Gasteiger charge is 2.17. The van der Waals surface area contributed by atoms with Gasteiger partial charge in [-0.15, -0.1) is 6.58 Å². The third kappa shape index (κ3) is 4.36. The van der Waals surface area contributed by atoms with Crippen molar-refractivity contribution in [2.75, 3.05) is 33.9 Å². The molecule has 104 valence electrons. The van der Waals surface area contributed by atoms with Gasteiger partial charge in [0.05, 0.1) is 19.3 Å². The minimum absolute atomic E-state index is 0.0808. The standard InChI is InChI=1S/C14H18BrNO3/c1-4-7-16(8-9-18-2)14(17)12-10-11(19-3)5-6-13(12)15/h4-6,10H,1,7-9H2,2-3H3. The summed E-state index contributed by atoms with van der Waals surface area (Å²) in [6.07, 6.45) is 1.70. The largest absolute Gasteiger partial charge is 0.497 e. The quantitative estimate of drug-likeness (QED) is 0.723. The number of benzene rings is 1. The van der Waals surface area contributed by atoms with Crippen LogP contribution >= 0.6 is 15.9 Å². The molecule has 4 nitrogen and oxygen atoms in total. The molecule has 0 aliphatic heterocycles. The number of carbonyl (C=O) groups is 1. The van der Waals surface area contributed by atoms with Gasteiger partial charge in [-0.25, -0.2) is 0 Å². The van der Waals surface area contributed by atoms with Crippen LogP contribution in [0.2, 0.25) is 0 Å². The Hall–Kier alpha value is -1.33. The zero-order valence-electron chi connectivity index (χ0n) is 11.2. The maximum absolute atomic E-state index is 12.5. The predicted octanol–water partition coefficient (Wildman–Crippen LogP) is 2.73. The molecule has 0 bridgehead atoms. The molecule has 0 saturated carbocycles. The summed E-state index contributed by atoms with van der Waals surface area (Å²) >= 11 is 3.39. The lowest BCUT2D eigenvalue weighted by Gasteiger charge is -2.21. The van der Waals surface area contributed by atoms with Gasteiger partial charge in [0.15, 0.2) is 0 Å². The normalized spacial score (nSPS) is 10.1. The highest BCUT2D eigenvalue weighted by Crippen LogP contribution is 2.23. The number of hydrogen-bond acceptors (Lipinski definition) is 3. The molecule has 0 heterocycles. The number of carbonyl (C=O) groups excluding carboxylic acids is 1. The lowest BCUT2D eigenvalue weighted by Crippen LogP contribution is -2.34. The van der Waals surface area contributed by atoms with Crippen molar-refractivity contribution < 1.29 is 14.3 Å². The molecule has 1 rings (SSSR count). The van der Waals surface area contributed by atoms with Crippen LogP contribution in [0.15, 0.2) is 35.3 Å². The van der Waals surface area contributed by atoms with Crippen LogP contribution in [0.25, 0.3) is 0 Å². The van der Waals surface area contributed by atoms with Crippen molar-refractivity contribution in [1.29, 1.82) is 0 Å². The summed E-state index contributed by atoms with van der Waals surface area (Å²) in [7, 11) is 3.18. The van der Waals surface area contributed by atoms with Crippen LogP contribution in [-0.4, -0.2) is 44.7 Å². The van der Waals surface area contributed by atoms with Crippen LogP contribution in [-0.2, 0) is 4.74 Å². The van der Waals surface area contributed by atoms with Gasteiger partial charge in [-0.2, -0.15) is 0 Å². The molecule has 0 saturated heterocycles. The first-order valence-electron chi connectivity index (χ1n) is 5.86. The van der Waals surface area contributed by atoms with E-state index in [9.17, 15) is 4.79 Å². The van der Waals surface area contributed by atoms with Gasteiger partial charge in [0.2, 0.25) is 0 Å². The Labute approximate surface area is 122 Å². The van der Waals surface area contributed by atoms with E-state index in [1.165, 1.54) is 0 Å². The highest BCUT2D eigenvalue weighted by molar-refractivity contribution is 9.10. The van der Waals surface area contributed by atoms with Gasteiger partial charge in [0.1, 0.15) is 5.75 Å². The van der Waals surface area contributed by atoms with Gasteiger partial charge >= 0.3 is 0 Å². The van der Waals surface area contributed by atoms with Crippen LogP contribution in [0, 0.1) is 0 Å². The molecule has 0 aliphatic rings. The van der Waals surface area contributed by atoms with Crippen molar-refractivity contribution >= 4 is 21.8 Å². The second-order valence-corrected chi connectivity index (χ2v) is 4.73. The molecule has 0 N–H and O–H groups in total. The Bertz CT molecular complexity index is 448. The Morgan fingerprint density at radius 2 is 2.21 bits per heavy atom. The summed E-state index contributed by atoms with van der Waals surface area (Å²) in [5.74, 6) is 0.569. The molecule has 1 aromatic rings. The monoisotopic (exact) mass is 327 g/mol. The smallest absolute Gasteiger partial charge is 0.255 e. The molecule has 19 heavy (non-hydrogen) atoms. The van der Waals surface area contributed by atoms with E-state index in [4.69, 9.17) is 9.47 Å². The van der Waals surface area contributed by atoms with Gasteiger partial charge in [-0.3, -0.25) is 4.79 Å². The van der Waals surface area contributed by atoms with E-state index in [1.807, 2.05) is 0 Å². The van der Waals surface area contributed by atoms with Crippen LogP contribution in [0.4, 0.5) is 0 Å². The van der Waals surface area contributed by atoms with Crippen molar-refractivity contribution in [3.63, 3.8) is 0 Å².